The quantitative estimate of drug-likeness (QED) is 0.00557. The fourth-order valence-electron chi connectivity index (χ4n) is 7.33. The molecule has 6 aromatic rings. The number of carbonyl (C=O) groups excluding carboxylic acids is 6. The summed E-state index contributed by atoms with van der Waals surface area (Å²) >= 11 is 0. The number of hydrogen-bond acceptors (Lipinski definition) is 18. The molecule has 0 N–H and O–H groups in total. The Labute approximate surface area is 461 Å². The van der Waals surface area contributed by atoms with Gasteiger partial charge in [-0.05, 0) is 147 Å². The SMILES string of the molecule is C=CC(=O)OCCCCCCCOc1ccc(OC(=O)c2ccc(C(=O)Oc3ccc(OCCCCCCCOC(=O)C=C)cc3)c(C(=O)OCc3ccc(OC(=O)c4ccc(N=Nc5ccc([N+](=O)[O-])cc5)cc4)cc3)c2)cc1. The molecule has 0 atom stereocenters. The van der Waals surface area contributed by atoms with Crippen LogP contribution in [0.3, 0.4) is 0 Å². The van der Waals surface area contributed by atoms with Crippen LogP contribution in [0.5, 0.6) is 28.7 Å². The Morgan fingerprint density at radius 2 is 0.825 bits per heavy atom. The number of carbonyl (C=O) groups is 6. The monoisotopic (exact) mass is 1090 g/mol. The minimum absolute atomic E-state index is 0.0596. The Kier molecular flexibility index (Phi) is 23.8. The van der Waals surface area contributed by atoms with Gasteiger partial charge in [0.1, 0.15) is 35.4 Å². The van der Waals surface area contributed by atoms with Gasteiger partial charge in [-0.25, -0.2) is 28.8 Å². The number of rotatable bonds is 32. The summed E-state index contributed by atoms with van der Waals surface area (Å²) in [5, 5.41) is 19.1. The van der Waals surface area contributed by atoms with E-state index in [2.05, 4.69) is 23.4 Å². The molecule has 0 aliphatic rings. The topological polar surface area (TPSA) is 244 Å². The molecular formula is C61H59N3O16. The molecule has 0 aliphatic carbocycles. The molecule has 6 aromatic carbocycles. The summed E-state index contributed by atoms with van der Waals surface area (Å²) in [7, 11) is 0. The molecule has 0 fully saturated rings. The van der Waals surface area contributed by atoms with E-state index in [-0.39, 0.29) is 51.8 Å². The molecule has 0 heterocycles. The number of esters is 6. The first-order valence-corrected chi connectivity index (χ1v) is 25.7. The third kappa shape index (κ3) is 20.3. The highest BCUT2D eigenvalue weighted by molar-refractivity contribution is 6.06. The lowest BCUT2D eigenvalue weighted by Crippen LogP contribution is -2.18. The van der Waals surface area contributed by atoms with E-state index in [0.717, 1.165) is 76.4 Å². The van der Waals surface area contributed by atoms with Gasteiger partial charge in [0.2, 0.25) is 0 Å². The maximum absolute atomic E-state index is 13.9. The first kappa shape index (κ1) is 59.5. The maximum atomic E-state index is 13.9. The third-order valence-corrected chi connectivity index (χ3v) is 11.6. The van der Waals surface area contributed by atoms with E-state index in [9.17, 15) is 38.9 Å². The number of nitro groups is 1. The van der Waals surface area contributed by atoms with Gasteiger partial charge in [0.05, 0.1) is 65.0 Å². The van der Waals surface area contributed by atoms with E-state index in [1.807, 2.05) is 0 Å². The highest BCUT2D eigenvalue weighted by Gasteiger charge is 2.24. The van der Waals surface area contributed by atoms with Gasteiger partial charge in [0.25, 0.3) is 5.69 Å². The smallest absolute Gasteiger partial charge is 0.344 e. The molecule has 19 nitrogen and oxygen atoms in total. The number of nitrogens with zero attached hydrogens (tertiary/aromatic N) is 3. The van der Waals surface area contributed by atoms with Gasteiger partial charge >= 0.3 is 35.8 Å². The Balaban J connectivity index is 1.04. The first-order valence-electron chi connectivity index (χ1n) is 25.7. The highest BCUT2D eigenvalue weighted by Crippen LogP contribution is 2.26. The predicted octanol–water partition coefficient (Wildman–Crippen LogP) is 13.1. The van der Waals surface area contributed by atoms with Crippen LogP contribution in [0.1, 0.15) is 111 Å². The highest BCUT2D eigenvalue weighted by atomic mass is 16.6. The molecule has 6 rings (SSSR count). The van der Waals surface area contributed by atoms with E-state index < -0.39 is 40.7 Å². The molecule has 0 bridgehead atoms. The number of azo groups is 1. The molecule has 80 heavy (non-hydrogen) atoms. The average molecular weight is 1090 g/mol. The van der Waals surface area contributed by atoms with E-state index >= 15 is 0 Å². The Hall–Kier alpha value is -9.78. The molecule has 0 aliphatic heterocycles. The minimum atomic E-state index is -0.951. The first-order chi connectivity index (χ1) is 38.9. The molecule has 0 saturated carbocycles. The molecule has 0 spiro atoms. The Morgan fingerprint density at radius 1 is 0.425 bits per heavy atom. The summed E-state index contributed by atoms with van der Waals surface area (Å²) in [6, 6.07) is 34.5. The lowest BCUT2D eigenvalue weighted by molar-refractivity contribution is -0.384. The van der Waals surface area contributed by atoms with Gasteiger partial charge in [-0.2, -0.15) is 10.2 Å². The molecule has 0 aromatic heterocycles. The van der Waals surface area contributed by atoms with Gasteiger partial charge in [-0.1, -0.05) is 63.8 Å². The zero-order valence-electron chi connectivity index (χ0n) is 43.8. The zero-order valence-corrected chi connectivity index (χ0v) is 43.8. The molecule has 0 radical (unpaired) electrons. The van der Waals surface area contributed by atoms with Crippen molar-refractivity contribution in [3.05, 3.63) is 203 Å². The summed E-state index contributed by atoms with van der Waals surface area (Å²) in [5.74, 6) is -2.49. The summed E-state index contributed by atoms with van der Waals surface area (Å²) in [6.45, 7) is 8.14. The molecule has 0 unspecified atom stereocenters. The van der Waals surface area contributed by atoms with Crippen molar-refractivity contribution in [1.82, 2.24) is 0 Å². The molecule has 0 amide bonds. The fourth-order valence-corrected chi connectivity index (χ4v) is 7.33. The summed E-state index contributed by atoms with van der Waals surface area (Å²) in [4.78, 5) is 86.8. The summed E-state index contributed by atoms with van der Waals surface area (Å²) in [5.41, 5.74) is 0.964. The zero-order chi connectivity index (χ0) is 56.9. The lowest BCUT2D eigenvalue weighted by atomic mass is 10.0. The Bertz CT molecular complexity index is 3090. The normalized spacial score (nSPS) is 10.7. The van der Waals surface area contributed by atoms with Crippen molar-refractivity contribution in [2.75, 3.05) is 26.4 Å². The Morgan fingerprint density at radius 3 is 1.30 bits per heavy atom. The largest absolute Gasteiger partial charge is 0.494 e. The number of nitro benzene ring substituents is 1. The second-order valence-corrected chi connectivity index (χ2v) is 17.6. The van der Waals surface area contributed by atoms with E-state index in [1.165, 1.54) is 66.7 Å². The van der Waals surface area contributed by atoms with Crippen LogP contribution < -0.4 is 23.7 Å². The standard InChI is InChI=1S/C61H59N3O16/c1-3-56(65)75-39-13-9-5-7-11-37-73-49-28-32-52(33-29-49)79-59(68)45-19-36-54(61(70)80-53-34-30-50(31-35-53)74-38-12-8-6-10-14-40-76-57(66)4-2)55(41-45)60(69)77-42-43-15-26-51(27-16-43)78-58(67)44-17-20-46(21-18-44)62-63-47-22-24-48(25-23-47)64(71)72/h3-4,15-36,41H,1-2,5-14,37-40,42H2. The van der Waals surface area contributed by atoms with E-state index in [4.69, 9.17) is 37.9 Å². The molecule has 0 saturated heterocycles. The van der Waals surface area contributed by atoms with Gasteiger partial charge in [-0.3, -0.25) is 10.1 Å². The van der Waals surface area contributed by atoms with Crippen LogP contribution in [0.25, 0.3) is 0 Å². The van der Waals surface area contributed by atoms with Crippen LogP contribution in [0, 0.1) is 10.1 Å². The van der Waals surface area contributed by atoms with E-state index in [1.54, 1.807) is 72.8 Å². The van der Waals surface area contributed by atoms with Crippen LogP contribution in [0.2, 0.25) is 0 Å². The third-order valence-electron chi connectivity index (χ3n) is 11.6. The number of unbranched alkanes of at least 4 members (excludes halogenated alkanes) is 8. The number of hydrogen-bond donors (Lipinski definition) is 0. The number of ether oxygens (including phenoxy) is 8. The van der Waals surface area contributed by atoms with Crippen LogP contribution in [0.4, 0.5) is 17.1 Å². The maximum Gasteiger partial charge on any atom is 0.344 e. The van der Waals surface area contributed by atoms with Crippen molar-refractivity contribution in [3.8, 4) is 28.7 Å². The van der Waals surface area contributed by atoms with Crippen LogP contribution in [0.15, 0.2) is 175 Å². The minimum Gasteiger partial charge on any atom is -0.494 e. The van der Waals surface area contributed by atoms with Gasteiger partial charge in [0.15, 0.2) is 0 Å². The van der Waals surface area contributed by atoms with E-state index in [0.29, 0.717) is 54.9 Å². The predicted molar refractivity (Wildman–Crippen MR) is 293 cm³/mol. The second-order valence-electron chi connectivity index (χ2n) is 17.6. The lowest BCUT2D eigenvalue weighted by Gasteiger charge is -2.13. The number of benzene rings is 6. The number of non-ortho nitro benzene ring substituents is 1. The van der Waals surface area contributed by atoms with Gasteiger partial charge in [0, 0.05) is 24.3 Å². The van der Waals surface area contributed by atoms with Crippen LogP contribution in [-0.2, 0) is 30.4 Å². The van der Waals surface area contributed by atoms with Crippen molar-refractivity contribution in [2.24, 2.45) is 10.2 Å². The molecule has 19 heteroatoms. The molecular weight excluding hydrogens is 1030 g/mol. The van der Waals surface area contributed by atoms with Gasteiger partial charge in [-0.15, -0.1) is 0 Å². The van der Waals surface area contributed by atoms with Gasteiger partial charge < -0.3 is 37.9 Å². The van der Waals surface area contributed by atoms with Crippen molar-refractivity contribution >= 4 is 52.9 Å². The van der Waals surface area contributed by atoms with Crippen LogP contribution >= 0.6 is 0 Å². The van der Waals surface area contributed by atoms with Crippen molar-refractivity contribution in [1.29, 1.82) is 0 Å². The van der Waals surface area contributed by atoms with Crippen molar-refractivity contribution in [3.63, 3.8) is 0 Å². The van der Waals surface area contributed by atoms with Crippen LogP contribution in [-0.4, -0.2) is 67.2 Å². The fraction of sp³-hybridized carbons (Fsp3) is 0.246. The molecule has 414 valence electrons. The van der Waals surface area contributed by atoms with Crippen molar-refractivity contribution in [2.45, 2.75) is 70.8 Å². The summed E-state index contributed by atoms with van der Waals surface area (Å²) in [6.07, 6.45) is 11.0. The summed E-state index contributed by atoms with van der Waals surface area (Å²) < 4.78 is 44.2. The second kappa shape index (κ2) is 32.1. The van der Waals surface area contributed by atoms with Crippen molar-refractivity contribution < 1.29 is 71.6 Å². The average Bonchev–Trinajstić information content (AvgIpc) is 3.48.